The quantitative estimate of drug-likeness (QED) is 0.722. The van der Waals surface area contributed by atoms with Gasteiger partial charge in [-0.3, -0.25) is 4.98 Å². The Labute approximate surface area is 84.9 Å². The second kappa shape index (κ2) is 3.54. The highest BCUT2D eigenvalue weighted by molar-refractivity contribution is 5.30. The van der Waals surface area contributed by atoms with Crippen molar-refractivity contribution in [3.8, 4) is 0 Å². The molecule has 0 saturated heterocycles. The zero-order chi connectivity index (χ0) is 10.1. The predicted molar refractivity (Wildman–Crippen MR) is 58.0 cm³/mol. The molecule has 0 amide bonds. The van der Waals surface area contributed by atoms with E-state index in [0.29, 0.717) is 0 Å². The van der Waals surface area contributed by atoms with Gasteiger partial charge >= 0.3 is 0 Å². The Bertz CT molecular complexity index is 369. The minimum atomic E-state index is -0.110. The Morgan fingerprint density at radius 2 is 2.29 bits per heavy atom. The Morgan fingerprint density at radius 3 is 3.00 bits per heavy atom. The molecular weight excluding hydrogens is 172 g/mol. The molecule has 14 heavy (non-hydrogen) atoms. The summed E-state index contributed by atoms with van der Waals surface area (Å²) < 4.78 is 0. The SMILES string of the molecule is C=C(C)C(N)c1ccc2c(n1)CCC2. The molecule has 0 fully saturated rings. The third-order valence-corrected chi connectivity index (χ3v) is 2.80. The molecule has 1 heterocycles. The predicted octanol–water partition coefficient (Wildman–Crippen LogP) is 2.15. The lowest BCUT2D eigenvalue weighted by atomic mass is 10.1. The molecule has 0 radical (unpaired) electrons. The van der Waals surface area contributed by atoms with E-state index in [1.807, 2.05) is 13.0 Å². The molecule has 2 heteroatoms. The van der Waals surface area contributed by atoms with Crippen LogP contribution in [-0.4, -0.2) is 4.98 Å². The van der Waals surface area contributed by atoms with Crippen LogP contribution in [0.25, 0.3) is 0 Å². The number of nitrogens with two attached hydrogens (primary N) is 1. The van der Waals surface area contributed by atoms with Crippen molar-refractivity contribution in [3.05, 3.63) is 41.2 Å². The zero-order valence-corrected chi connectivity index (χ0v) is 8.59. The summed E-state index contributed by atoms with van der Waals surface area (Å²) in [5.41, 5.74) is 10.5. The van der Waals surface area contributed by atoms with Crippen molar-refractivity contribution in [2.75, 3.05) is 0 Å². The molecule has 1 aromatic rings. The Hall–Kier alpha value is -1.15. The molecule has 0 saturated carbocycles. The smallest absolute Gasteiger partial charge is 0.0680 e. The molecule has 2 nitrogen and oxygen atoms in total. The average molecular weight is 188 g/mol. The van der Waals surface area contributed by atoms with Gasteiger partial charge in [0.05, 0.1) is 11.7 Å². The minimum Gasteiger partial charge on any atom is -0.319 e. The normalized spacial score (nSPS) is 16.4. The molecule has 0 aromatic carbocycles. The third kappa shape index (κ3) is 1.58. The largest absolute Gasteiger partial charge is 0.319 e. The Balaban J connectivity index is 2.33. The van der Waals surface area contributed by atoms with Crippen LogP contribution in [0.5, 0.6) is 0 Å². The van der Waals surface area contributed by atoms with Crippen LogP contribution in [0.1, 0.15) is 36.3 Å². The van der Waals surface area contributed by atoms with Crippen LogP contribution in [0.4, 0.5) is 0 Å². The summed E-state index contributed by atoms with van der Waals surface area (Å²) in [6.07, 6.45) is 3.51. The lowest BCUT2D eigenvalue weighted by Crippen LogP contribution is -2.13. The highest BCUT2D eigenvalue weighted by Gasteiger charge is 2.15. The van der Waals surface area contributed by atoms with Gasteiger partial charge in [0.1, 0.15) is 0 Å². The number of aryl methyl sites for hydroxylation is 2. The summed E-state index contributed by atoms with van der Waals surface area (Å²) in [4.78, 5) is 4.59. The van der Waals surface area contributed by atoms with Crippen molar-refractivity contribution in [2.24, 2.45) is 5.73 Å². The van der Waals surface area contributed by atoms with Crippen LogP contribution in [0.3, 0.4) is 0 Å². The second-order valence-electron chi connectivity index (χ2n) is 4.02. The first kappa shape index (κ1) is 9.41. The molecule has 0 spiro atoms. The fraction of sp³-hybridized carbons (Fsp3) is 0.417. The van der Waals surface area contributed by atoms with E-state index in [1.165, 1.54) is 24.1 Å². The summed E-state index contributed by atoms with van der Waals surface area (Å²) in [6.45, 7) is 5.80. The van der Waals surface area contributed by atoms with E-state index < -0.39 is 0 Å². The molecule has 0 bridgehead atoms. The maximum absolute atomic E-state index is 5.97. The van der Waals surface area contributed by atoms with E-state index in [9.17, 15) is 0 Å². The molecule has 1 aliphatic rings. The first-order valence-electron chi connectivity index (χ1n) is 5.08. The van der Waals surface area contributed by atoms with E-state index in [4.69, 9.17) is 5.73 Å². The number of fused-ring (bicyclic) bond motifs is 1. The van der Waals surface area contributed by atoms with Gasteiger partial charge in [0.25, 0.3) is 0 Å². The first-order chi connectivity index (χ1) is 6.68. The van der Waals surface area contributed by atoms with Gasteiger partial charge in [-0.15, -0.1) is 0 Å². The van der Waals surface area contributed by atoms with Crippen LogP contribution >= 0.6 is 0 Å². The van der Waals surface area contributed by atoms with Gasteiger partial charge in [-0.1, -0.05) is 18.2 Å². The number of nitrogens with zero attached hydrogens (tertiary/aromatic N) is 1. The Morgan fingerprint density at radius 1 is 1.50 bits per heavy atom. The van der Waals surface area contributed by atoms with Gasteiger partial charge in [-0.05, 0) is 37.8 Å². The lowest BCUT2D eigenvalue weighted by Gasteiger charge is -2.11. The van der Waals surface area contributed by atoms with Crippen molar-refractivity contribution in [1.82, 2.24) is 4.98 Å². The number of hydrogen-bond acceptors (Lipinski definition) is 2. The van der Waals surface area contributed by atoms with Gasteiger partial charge in [-0.25, -0.2) is 0 Å². The highest BCUT2D eigenvalue weighted by Crippen LogP contribution is 2.23. The van der Waals surface area contributed by atoms with Crippen LogP contribution in [0, 0.1) is 0 Å². The topological polar surface area (TPSA) is 38.9 Å². The van der Waals surface area contributed by atoms with E-state index in [0.717, 1.165) is 17.7 Å². The number of hydrogen-bond donors (Lipinski definition) is 1. The zero-order valence-electron chi connectivity index (χ0n) is 8.59. The van der Waals surface area contributed by atoms with E-state index in [-0.39, 0.29) is 6.04 Å². The fourth-order valence-corrected chi connectivity index (χ4v) is 1.86. The van der Waals surface area contributed by atoms with Gasteiger partial charge < -0.3 is 5.73 Å². The molecule has 2 rings (SSSR count). The van der Waals surface area contributed by atoms with Crippen LogP contribution in [-0.2, 0) is 12.8 Å². The van der Waals surface area contributed by atoms with E-state index in [2.05, 4.69) is 17.6 Å². The summed E-state index contributed by atoms with van der Waals surface area (Å²) in [6, 6.07) is 4.08. The summed E-state index contributed by atoms with van der Waals surface area (Å²) in [5, 5.41) is 0. The lowest BCUT2D eigenvalue weighted by molar-refractivity contribution is 0.797. The highest BCUT2D eigenvalue weighted by atomic mass is 14.8. The molecule has 0 aliphatic heterocycles. The maximum atomic E-state index is 5.97. The van der Waals surface area contributed by atoms with Crippen molar-refractivity contribution in [1.29, 1.82) is 0 Å². The first-order valence-corrected chi connectivity index (χ1v) is 5.08. The van der Waals surface area contributed by atoms with Crippen molar-refractivity contribution < 1.29 is 0 Å². The van der Waals surface area contributed by atoms with Crippen molar-refractivity contribution in [3.63, 3.8) is 0 Å². The molecule has 1 atom stereocenters. The standard InChI is InChI=1S/C12H16N2/c1-8(2)12(13)11-7-6-9-4-3-5-10(9)14-11/h6-7,12H,1,3-5,13H2,2H3. The number of rotatable bonds is 2. The maximum Gasteiger partial charge on any atom is 0.0680 e. The summed E-state index contributed by atoms with van der Waals surface area (Å²) in [5.74, 6) is 0. The summed E-state index contributed by atoms with van der Waals surface area (Å²) in [7, 11) is 0. The Kier molecular flexibility index (Phi) is 2.38. The molecule has 1 aromatic heterocycles. The molecular formula is C12H16N2. The summed E-state index contributed by atoms with van der Waals surface area (Å²) >= 11 is 0. The molecule has 2 N–H and O–H groups in total. The van der Waals surface area contributed by atoms with Gasteiger partial charge in [0, 0.05) is 5.69 Å². The number of pyridine rings is 1. The van der Waals surface area contributed by atoms with Crippen molar-refractivity contribution >= 4 is 0 Å². The van der Waals surface area contributed by atoms with Gasteiger partial charge in [-0.2, -0.15) is 0 Å². The fourth-order valence-electron chi connectivity index (χ4n) is 1.86. The van der Waals surface area contributed by atoms with Gasteiger partial charge in [0.15, 0.2) is 0 Å². The van der Waals surface area contributed by atoms with Gasteiger partial charge in [0.2, 0.25) is 0 Å². The monoisotopic (exact) mass is 188 g/mol. The van der Waals surface area contributed by atoms with Crippen LogP contribution < -0.4 is 5.73 Å². The average Bonchev–Trinajstić information content (AvgIpc) is 2.62. The van der Waals surface area contributed by atoms with E-state index >= 15 is 0 Å². The third-order valence-electron chi connectivity index (χ3n) is 2.80. The second-order valence-corrected chi connectivity index (χ2v) is 4.02. The molecule has 1 unspecified atom stereocenters. The molecule has 1 aliphatic carbocycles. The van der Waals surface area contributed by atoms with Crippen LogP contribution in [0.15, 0.2) is 24.3 Å². The van der Waals surface area contributed by atoms with Crippen molar-refractivity contribution in [2.45, 2.75) is 32.2 Å². The van der Waals surface area contributed by atoms with E-state index in [1.54, 1.807) is 0 Å². The number of aromatic nitrogens is 1. The molecule has 74 valence electrons. The minimum absolute atomic E-state index is 0.110. The van der Waals surface area contributed by atoms with Crippen LogP contribution in [0.2, 0.25) is 0 Å².